The molecule has 2 heterocycles. The molecular formula is C21H19F2N3O. The Morgan fingerprint density at radius 3 is 2.81 bits per heavy atom. The quantitative estimate of drug-likeness (QED) is 0.750. The number of nitrogens with one attached hydrogen (secondary N) is 1. The van der Waals surface area contributed by atoms with Crippen LogP contribution >= 0.6 is 0 Å². The van der Waals surface area contributed by atoms with Crippen LogP contribution in [0.25, 0.3) is 11.0 Å². The van der Waals surface area contributed by atoms with E-state index in [0.717, 1.165) is 35.8 Å². The van der Waals surface area contributed by atoms with Crippen LogP contribution in [0.5, 0.6) is 0 Å². The van der Waals surface area contributed by atoms with Gasteiger partial charge in [-0.2, -0.15) is 0 Å². The molecule has 1 amide bonds. The first-order chi connectivity index (χ1) is 13.1. The molecule has 2 aliphatic rings. The second-order valence-electron chi connectivity index (χ2n) is 7.45. The Morgan fingerprint density at radius 2 is 2.00 bits per heavy atom. The molecular weight excluding hydrogens is 348 g/mol. The number of amides is 1. The summed E-state index contributed by atoms with van der Waals surface area (Å²) < 4.78 is 26.6. The lowest BCUT2D eigenvalue weighted by Crippen LogP contribution is -2.32. The number of halogens is 2. The molecule has 0 radical (unpaired) electrons. The van der Waals surface area contributed by atoms with Crippen molar-refractivity contribution in [3.05, 3.63) is 65.5 Å². The Balaban J connectivity index is 1.36. The summed E-state index contributed by atoms with van der Waals surface area (Å²) in [5, 5.41) is 0. The summed E-state index contributed by atoms with van der Waals surface area (Å²) in [5.41, 5.74) is 2.57. The van der Waals surface area contributed by atoms with Crippen LogP contribution in [-0.4, -0.2) is 27.3 Å². The molecule has 2 aromatic carbocycles. The Hall–Kier alpha value is -2.76. The highest BCUT2D eigenvalue weighted by atomic mass is 19.2. The number of nitrogens with zero attached hydrogens (tertiary/aromatic N) is 2. The Bertz CT molecular complexity index is 998. The van der Waals surface area contributed by atoms with Gasteiger partial charge in [0.2, 0.25) is 5.91 Å². The van der Waals surface area contributed by atoms with E-state index in [4.69, 9.17) is 0 Å². The lowest BCUT2D eigenvalue weighted by molar-refractivity contribution is -0.133. The summed E-state index contributed by atoms with van der Waals surface area (Å²) in [4.78, 5) is 23.0. The molecule has 0 spiro atoms. The molecule has 3 aromatic rings. The number of hydrogen-bond acceptors (Lipinski definition) is 2. The smallest absolute Gasteiger partial charge is 0.226 e. The number of imidazole rings is 1. The minimum absolute atomic E-state index is 0.0236. The van der Waals surface area contributed by atoms with Gasteiger partial charge >= 0.3 is 0 Å². The number of fused-ring (bicyclic) bond motifs is 1. The van der Waals surface area contributed by atoms with Crippen molar-refractivity contribution >= 4 is 16.9 Å². The molecule has 1 N–H and O–H groups in total. The summed E-state index contributed by atoms with van der Waals surface area (Å²) >= 11 is 0. The first-order valence-corrected chi connectivity index (χ1v) is 9.32. The lowest BCUT2D eigenvalue weighted by Gasteiger charge is -2.23. The Labute approximate surface area is 155 Å². The van der Waals surface area contributed by atoms with E-state index in [1.165, 1.54) is 6.07 Å². The number of carbonyl (C=O) groups excluding carboxylic acids is 1. The number of likely N-dealkylation sites (tertiary alicyclic amines) is 1. The maximum absolute atomic E-state index is 13.5. The van der Waals surface area contributed by atoms with Crippen LogP contribution in [-0.2, 0) is 4.79 Å². The largest absolute Gasteiger partial charge is 0.340 e. The van der Waals surface area contributed by atoms with Crippen LogP contribution in [0.4, 0.5) is 8.78 Å². The Morgan fingerprint density at radius 1 is 1.15 bits per heavy atom. The summed E-state index contributed by atoms with van der Waals surface area (Å²) in [6, 6.07) is 11.7. The number of rotatable bonds is 3. The average molecular weight is 367 g/mol. The summed E-state index contributed by atoms with van der Waals surface area (Å²) in [7, 11) is 0. The molecule has 2 fully saturated rings. The van der Waals surface area contributed by atoms with Crippen molar-refractivity contribution in [1.29, 1.82) is 0 Å². The first-order valence-electron chi connectivity index (χ1n) is 9.32. The van der Waals surface area contributed by atoms with E-state index in [2.05, 4.69) is 9.97 Å². The van der Waals surface area contributed by atoms with Gasteiger partial charge in [-0.1, -0.05) is 18.2 Å². The van der Waals surface area contributed by atoms with Gasteiger partial charge in [-0.05, 0) is 55.0 Å². The van der Waals surface area contributed by atoms with E-state index in [-0.39, 0.29) is 23.8 Å². The SMILES string of the molecule is O=C(C1CC1c1ccc(F)c(F)c1)N1CCCC1c1nc2ccccc2[nH]1. The third-order valence-electron chi connectivity index (χ3n) is 5.74. The second kappa shape index (κ2) is 6.15. The maximum Gasteiger partial charge on any atom is 0.226 e. The summed E-state index contributed by atoms with van der Waals surface area (Å²) in [6.07, 6.45) is 2.51. The fourth-order valence-electron chi connectivity index (χ4n) is 4.24. The molecule has 1 aliphatic heterocycles. The van der Waals surface area contributed by atoms with E-state index >= 15 is 0 Å². The van der Waals surface area contributed by atoms with Gasteiger partial charge in [0, 0.05) is 12.5 Å². The number of para-hydroxylation sites is 2. The topological polar surface area (TPSA) is 49.0 Å². The fraction of sp³-hybridized carbons (Fsp3) is 0.333. The van der Waals surface area contributed by atoms with Gasteiger partial charge in [0.15, 0.2) is 11.6 Å². The van der Waals surface area contributed by atoms with Crippen LogP contribution in [0.3, 0.4) is 0 Å². The van der Waals surface area contributed by atoms with Crippen molar-refractivity contribution < 1.29 is 13.6 Å². The van der Waals surface area contributed by atoms with Crippen molar-refractivity contribution in [3.8, 4) is 0 Å². The molecule has 1 saturated carbocycles. The van der Waals surface area contributed by atoms with Gasteiger partial charge in [0.05, 0.1) is 17.1 Å². The standard InChI is InChI=1S/C21H19F2N3O/c22-15-8-7-12(10-16(15)23)13-11-14(13)21(27)26-9-3-6-19(26)20-24-17-4-1-2-5-18(17)25-20/h1-2,4-5,7-8,10,13-14,19H,3,6,9,11H2,(H,24,25). The molecule has 27 heavy (non-hydrogen) atoms. The van der Waals surface area contributed by atoms with E-state index < -0.39 is 11.6 Å². The van der Waals surface area contributed by atoms with E-state index in [1.807, 2.05) is 29.2 Å². The van der Waals surface area contributed by atoms with Crippen molar-refractivity contribution in [1.82, 2.24) is 14.9 Å². The number of H-pyrrole nitrogens is 1. The number of aromatic nitrogens is 2. The second-order valence-corrected chi connectivity index (χ2v) is 7.45. The summed E-state index contributed by atoms with van der Waals surface area (Å²) in [5.74, 6) is -0.970. The number of aromatic amines is 1. The third kappa shape index (κ3) is 2.80. The van der Waals surface area contributed by atoms with Crippen LogP contribution in [0.2, 0.25) is 0 Å². The molecule has 6 heteroatoms. The lowest BCUT2D eigenvalue weighted by atomic mass is 10.1. The van der Waals surface area contributed by atoms with Crippen molar-refractivity contribution in [2.45, 2.75) is 31.2 Å². The van der Waals surface area contributed by atoms with Gasteiger partial charge < -0.3 is 9.88 Å². The molecule has 3 unspecified atom stereocenters. The maximum atomic E-state index is 13.5. The minimum Gasteiger partial charge on any atom is -0.340 e. The Kier molecular flexibility index (Phi) is 3.74. The molecule has 1 aliphatic carbocycles. The number of carbonyl (C=O) groups is 1. The predicted molar refractivity (Wildman–Crippen MR) is 97.0 cm³/mol. The molecule has 138 valence electrons. The van der Waals surface area contributed by atoms with Crippen LogP contribution in [0.15, 0.2) is 42.5 Å². The van der Waals surface area contributed by atoms with Crippen molar-refractivity contribution in [3.63, 3.8) is 0 Å². The van der Waals surface area contributed by atoms with Crippen LogP contribution in [0.1, 0.15) is 42.6 Å². The number of hydrogen-bond donors (Lipinski definition) is 1. The van der Waals surface area contributed by atoms with E-state index in [1.54, 1.807) is 6.07 Å². The molecule has 1 saturated heterocycles. The molecule has 3 atom stereocenters. The zero-order valence-electron chi connectivity index (χ0n) is 14.7. The average Bonchev–Trinajstić information content (AvgIpc) is 3.12. The molecule has 0 bridgehead atoms. The minimum atomic E-state index is -0.855. The van der Waals surface area contributed by atoms with Crippen molar-refractivity contribution in [2.75, 3.05) is 6.54 Å². The van der Waals surface area contributed by atoms with Gasteiger partial charge in [-0.3, -0.25) is 4.79 Å². The fourth-order valence-corrected chi connectivity index (χ4v) is 4.24. The zero-order chi connectivity index (χ0) is 18.5. The number of benzene rings is 2. The first kappa shape index (κ1) is 16.4. The normalized spacial score (nSPS) is 24.5. The van der Waals surface area contributed by atoms with Gasteiger partial charge in [-0.25, -0.2) is 13.8 Å². The van der Waals surface area contributed by atoms with Crippen LogP contribution in [0, 0.1) is 17.6 Å². The van der Waals surface area contributed by atoms with E-state index in [9.17, 15) is 13.6 Å². The third-order valence-corrected chi connectivity index (χ3v) is 5.74. The predicted octanol–water partition coefficient (Wildman–Crippen LogP) is 4.31. The molecule has 4 nitrogen and oxygen atoms in total. The van der Waals surface area contributed by atoms with Crippen LogP contribution < -0.4 is 0 Å². The van der Waals surface area contributed by atoms with Gasteiger partial charge in [0.1, 0.15) is 5.82 Å². The van der Waals surface area contributed by atoms with Crippen molar-refractivity contribution in [2.24, 2.45) is 5.92 Å². The monoisotopic (exact) mass is 367 g/mol. The molecule has 1 aromatic heterocycles. The highest BCUT2D eigenvalue weighted by molar-refractivity contribution is 5.84. The van der Waals surface area contributed by atoms with Gasteiger partial charge in [-0.15, -0.1) is 0 Å². The highest BCUT2D eigenvalue weighted by Gasteiger charge is 2.48. The van der Waals surface area contributed by atoms with E-state index in [0.29, 0.717) is 18.5 Å². The van der Waals surface area contributed by atoms with Gasteiger partial charge in [0.25, 0.3) is 0 Å². The summed E-state index contributed by atoms with van der Waals surface area (Å²) in [6.45, 7) is 0.710. The zero-order valence-corrected chi connectivity index (χ0v) is 14.7. The highest BCUT2D eigenvalue weighted by Crippen LogP contribution is 2.50. The molecule has 5 rings (SSSR count).